The molecule has 1 spiro atoms. The maximum absolute atomic E-state index is 13.4. The summed E-state index contributed by atoms with van der Waals surface area (Å²) < 4.78 is 35.1. The quantitative estimate of drug-likeness (QED) is 0.307. The highest BCUT2D eigenvalue weighted by molar-refractivity contribution is 7.90. The Morgan fingerprint density at radius 2 is 2.02 bits per heavy atom. The van der Waals surface area contributed by atoms with E-state index in [1.807, 2.05) is 12.1 Å². The average molecular weight is 643 g/mol. The predicted octanol–water partition coefficient (Wildman–Crippen LogP) is 5.16. The van der Waals surface area contributed by atoms with Gasteiger partial charge in [-0.05, 0) is 106 Å². The summed E-state index contributed by atoms with van der Waals surface area (Å²) in [5.41, 5.74) is 1.39. The van der Waals surface area contributed by atoms with Crippen molar-refractivity contribution in [2.75, 3.05) is 24.6 Å². The Morgan fingerprint density at radius 3 is 2.68 bits per heavy atom. The number of carbonyl (C=O) groups is 1. The minimum atomic E-state index is -4.24. The lowest BCUT2D eigenvalue weighted by atomic mass is 9.68. The Kier molecular flexibility index (Phi) is 9.25. The van der Waals surface area contributed by atoms with Gasteiger partial charge in [-0.2, -0.15) is 0 Å². The molecule has 44 heavy (non-hydrogen) atoms. The number of fused-ring (bicyclic) bond motifs is 3. The fourth-order valence-corrected chi connectivity index (χ4v) is 9.05. The largest absolute Gasteiger partial charge is 0.490 e. The second-order valence-electron chi connectivity index (χ2n) is 13.2. The van der Waals surface area contributed by atoms with Crippen LogP contribution in [0.5, 0.6) is 5.75 Å². The molecular weight excluding hydrogens is 600 g/mol. The molecule has 1 saturated carbocycles. The van der Waals surface area contributed by atoms with Crippen LogP contribution in [0.15, 0.2) is 61.7 Å². The minimum absolute atomic E-state index is 0.0220. The van der Waals surface area contributed by atoms with E-state index in [4.69, 9.17) is 16.3 Å². The van der Waals surface area contributed by atoms with E-state index in [0.717, 1.165) is 32.1 Å². The number of aliphatic hydroxyl groups excluding tert-OH is 1. The van der Waals surface area contributed by atoms with E-state index < -0.39 is 32.9 Å². The molecule has 238 valence electrons. The Labute approximate surface area is 265 Å². The minimum Gasteiger partial charge on any atom is -0.490 e. The van der Waals surface area contributed by atoms with Gasteiger partial charge in [0.25, 0.3) is 5.91 Å². The third kappa shape index (κ3) is 6.43. The van der Waals surface area contributed by atoms with Crippen molar-refractivity contribution in [3.8, 4) is 5.75 Å². The normalized spacial score (nSPS) is 24.5. The number of aliphatic hydroxyl groups is 2. The fourth-order valence-electron chi connectivity index (χ4n) is 7.19. The number of hydrogen-bond acceptors (Lipinski definition) is 7. The van der Waals surface area contributed by atoms with Crippen molar-refractivity contribution in [3.05, 3.63) is 83.4 Å². The second-order valence-corrected chi connectivity index (χ2v) is 15.5. The van der Waals surface area contributed by atoms with Gasteiger partial charge in [0, 0.05) is 29.1 Å². The summed E-state index contributed by atoms with van der Waals surface area (Å²) in [4.78, 5) is 15.7. The number of ether oxygens (including phenoxy) is 1. The van der Waals surface area contributed by atoms with Crippen molar-refractivity contribution in [1.82, 2.24) is 4.72 Å². The summed E-state index contributed by atoms with van der Waals surface area (Å²) in [5.74, 6) is 0.132. The summed E-state index contributed by atoms with van der Waals surface area (Å²) in [7, 11) is -4.24. The first kappa shape index (κ1) is 32.5. The van der Waals surface area contributed by atoms with Crippen LogP contribution in [0.2, 0.25) is 5.02 Å². The molecule has 1 aliphatic heterocycles. The molecule has 1 heterocycles. The maximum atomic E-state index is 13.4. The van der Waals surface area contributed by atoms with Crippen LogP contribution in [0, 0.1) is 11.8 Å². The number of halogens is 1. The Hall–Kier alpha value is -2.85. The number of nitrogens with one attached hydrogen (secondary N) is 1. The van der Waals surface area contributed by atoms with Crippen molar-refractivity contribution in [2.24, 2.45) is 11.8 Å². The Bertz CT molecular complexity index is 1540. The highest BCUT2D eigenvalue weighted by Crippen LogP contribution is 2.46. The molecule has 2 aromatic carbocycles. The SMILES string of the molecule is C=CCC(C(C)(C)O)S(=O)(=O)NC(=O)c1ccc2c(c1)N(C[C@@H]1CC[C@H]1C(O)C=C)C[C@@]1(CCCc3cc(Cl)ccc31)CO2. The molecule has 1 fully saturated rings. The van der Waals surface area contributed by atoms with Gasteiger partial charge in [-0.15, -0.1) is 13.2 Å². The molecule has 0 radical (unpaired) electrons. The monoisotopic (exact) mass is 642 g/mol. The first-order valence-electron chi connectivity index (χ1n) is 15.3. The number of sulfonamides is 1. The highest BCUT2D eigenvalue weighted by atomic mass is 35.5. The van der Waals surface area contributed by atoms with E-state index in [1.54, 1.807) is 24.3 Å². The standard InChI is InChI=1S/C34H43ClN2O6S/c1-5-8-31(33(3,4)40)44(41,42)36-32(39)23-11-15-30-28(18-23)37(19-24-10-13-26(24)29(38)6-2)20-34(21-43-30)16-7-9-22-17-25(35)12-14-27(22)34/h5-6,11-12,14-15,17-18,24,26,29,31,38,40H,1-2,7-10,13,16,19-21H2,3-4H3,(H,36,39)/t24-,26+,29?,31?,34-/m0/s1. The van der Waals surface area contributed by atoms with Crippen LogP contribution >= 0.6 is 11.6 Å². The molecule has 1 amide bonds. The first-order chi connectivity index (χ1) is 20.8. The summed E-state index contributed by atoms with van der Waals surface area (Å²) in [5, 5.41) is 20.5. The molecule has 2 aliphatic carbocycles. The number of benzene rings is 2. The second kappa shape index (κ2) is 12.5. The van der Waals surface area contributed by atoms with Crippen LogP contribution in [0.25, 0.3) is 0 Å². The summed E-state index contributed by atoms with van der Waals surface area (Å²) in [6.45, 7) is 11.9. The van der Waals surface area contributed by atoms with Gasteiger partial charge in [0.1, 0.15) is 11.0 Å². The van der Waals surface area contributed by atoms with E-state index in [9.17, 15) is 23.4 Å². The van der Waals surface area contributed by atoms with Gasteiger partial charge < -0.3 is 19.8 Å². The van der Waals surface area contributed by atoms with Crippen LogP contribution < -0.4 is 14.4 Å². The summed E-state index contributed by atoms with van der Waals surface area (Å²) in [6.07, 6.45) is 7.11. The van der Waals surface area contributed by atoms with E-state index in [2.05, 4.69) is 28.8 Å². The van der Waals surface area contributed by atoms with E-state index in [1.165, 1.54) is 31.1 Å². The maximum Gasteiger partial charge on any atom is 0.264 e. The van der Waals surface area contributed by atoms with Crippen LogP contribution in [0.1, 0.15) is 67.4 Å². The van der Waals surface area contributed by atoms with Gasteiger partial charge in [-0.1, -0.05) is 29.8 Å². The summed E-state index contributed by atoms with van der Waals surface area (Å²) in [6, 6.07) is 11.0. The molecule has 5 rings (SSSR count). The number of rotatable bonds is 10. The third-order valence-corrected chi connectivity index (χ3v) is 11.9. The summed E-state index contributed by atoms with van der Waals surface area (Å²) >= 11 is 6.37. The zero-order valence-electron chi connectivity index (χ0n) is 25.5. The van der Waals surface area contributed by atoms with E-state index >= 15 is 0 Å². The average Bonchev–Trinajstić information content (AvgIpc) is 3.09. The molecule has 2 unspecified atom stereocenters. The number of aryl methyl sites for hydroxylation is 1. The zero-order valence-corrected chi connectivity index (χ0v) is 27.0. The number of amides is 1. The lowest BCUT2D eigenvalue weighted by Crippen LogP contribution is -2.49. The van der Waals surface area contributed by atoms with Gasteiger partial charge in [0.15, 0.2) is 0 Å². The number of nitrogens with zero attached hydrogens (tertiary/aromatic N) is 1. The molecule has 5 atom stereocenters. The van der Waals surface area contributed by atoms with Gasteiger partial charge in [-0.3, -0.25) is 4.79 Å². The third-order valence-electron chi connectivity index (χ3n) is 9.69. The first-order valence-corrected chi connectivity index (χ1v) is 17.2. The van der Waals surface area contributed by atoms with Gasteiger partial charge in [0.05, 0.1) is 24.0 Å². The fraction of sp³-hybridized carbons (Fsp3) is 0.500. The number of carbonyl (C=O) groups excluding carboxylic acids is 1. The van der Waals surface area contributed by atoms with E-state index in [-0.39, 0.29) is 29.2 Å². The van der Waals surface area contributed by atoms with Crippen molar-refractivity contribution >= 4 is 33.2 Å². The zero-order chi connectivity index (χ0) is 31.9. The predicted molar refractivity (Wildman–Crippen MR) is 174 cm³/mol. The van der Waals surface area contributed by atoms with Crippen molar-refractivity contribution < 1.29 is 28.2 Å². The Balaban J connectivity index is 1.50. The van der Waals surface area contributed by atoms with Crippen LogP contribution in [0.4, 0.5) is 5.69 Å². The van der Waals surface area contributed by atoms with Gasteiger partial charge in [-0.25, -0.2) is 13.1 Å². The Morgan fingerprint density at radius 1 is 1.25 bits per heavy atom. The lowest BCUT2D eigenvalue weighted by molar-refractivity contribution is 0.0460. The number of anilines is 1. The molecular formula is C34H43ClN2O6S. The molecule has 0 saturated heterocycles. The smallest absolute Gasteiger partial charge is 0.264 e. The molecule has 2 aromatic rings. The molecule has 0 bridgehead atoms. The molecule has 0 aromatic heterocycles. The lowest BCUT2D eigenvalue weighted by Gasteiger charge is -2.45. The van der Waals surface area contributed by atoms with Crippen LogP contribution in [-0.4, -0.2) is 61.2 Å². The van der Waals surface area contributed by atoms with Gasteiger partial charge in [0.2, 0.25) is 10.0 Å². The van der Waals surface area contributed by atoms with Crippen molar-refractivity contribution in [1.29, 1.82) is 0 Å². The highest BCUT2D eigenvalue weighted by Gasteiger charge is 2.44. The van der Waals surface area contributed by atoms with Crippen LogP contribution in [0.3, 0.4) is 0 Å². The molecule has 8 nitrogen and oxygen atoms in total. The molecule has 3 aliphatic rings. The van der Waals surface area contributed by atoms with Crippen molar-refractivity contribution in [2.45, 2.75) is 74.7 Å². The van der Waals surface area contributed by atoms with E-state index in [0.29, 0.717) is 36.2 Å². The number of hydrogen-bond donors (Lipinski definition) is 3. The molecule has 10 heteroatoms. The van der Waals surface area contributed by atoms with Crippen LogP contribution in [-0.2, 0) is 21.9 Å². The number of allylic oxidation sites excluding steroid dienone is 1. The van der Waals surface area contributed by atoms with Gasteiger partial charge >= 0.3 is 0 Å². The van der Waals surface area contributed by atoms with Crippen molar-refractivity contribution in [3.63, 3.8) is 0 Å². The topological polar surface area (TPSA) is 116 Å². The molecule has 3 N–H and O–H groups in total.